The molecular formula is C11H9N5O2S. The fourth-order valence-corrected chi connectivity index (χ4v) is 2.44. The van der Waals surface area contributed by atoms with Crippen molar-refractivity contribution in [2.45, 2.75) is 6.54 Å². The van der Waals surface area contributed by atoms with Crippen LogP contribution in [0.1, 0.15) is 15.5 Å². The molecule has 0 saturated heterocycles. The Bertz CT molecular complexity index is 754. The summed E-state index contributed by atoms with van der Waals surface area (Å²) in [7, 11) is 0. The average Bonchev–Trinajstić information content (AvgIpc) is 3.01. The molecule has 3 aromatic rings. The first-order chi connectivity index (χ1) is 9.22. The smallest absolute Gasteiger partial charge is 0.323 e. The van der Waals surface area contributed by atoms with Crippen LogP contribution in [0.5, 0.6) is 0 Å². The van der Waals surface area contributed by atoms with E-state index in [4.69, 9.17) is 0 Å². The van der Waals surface area contributed by atoms with Gasteiger partial charge in [0.05, 0.1) is 23.1 Å². The van der Waals surface area contributed by atoms with Gasteiger partial charge in [-0.25, -0.2) is 9.78 Å². The molecule has 19 heavy (non-hydrogen) atoms. The average molecular weight is 275 g/mol. The van der Waals surface area contributed by atoms with Gasteiger partial charge in [0, 0.05) is 12.4 Å². The van der Waals surface area contributed by atoms with Crippen molar-refractivity contribution < 1.29 is 4.79 Å². The Morgan fingerprint density at radius 3 is 3.11 bits per heavy atom. The molecule has 0 saturated carbocycles. The number of aromatic amines is 2. The van der Waals surface area contributed by atoms with Crippen molar-refractivity contribution >= 4 is 27.5 Å². The van der Waals surface area contributed by atoms with Gasteiger partial charge in [0.2, 0.25) is 0 Å². The number of hydrogen-bond acceptors (Lipinski definition) is 5. The summed E-state index contributed by atoms with van der Waals surface area (Å²) < 4.78 is 0.912. The lowest BCUT2D eigenvalue weighted by molar-refractivity contribution is 0.0950. The number of carbonyl (C=O) groups is 1. The Hall–Kier alpha value is -2.48. The molecule has 3 aromatic heterocycles. The van der Waals surface area contributed by atoms with Gasteiger partial charge in [-0.15, -0.1) is 11.3 Å². The van der Waals surface area contributed by atoms with Gasteiger partial charge in [0.25, 0.3) is 5.91 Å². The minimum absolute atomic E-state index is 0.242. The van der Waals surface area contributed by atoms with E-state index in [1.807, 2.05) is 6.07 Å². The third kappa shape index (κ3) is 2.38. The summed E-state index contributed by atoms with van der Waals surface area (Å²) in [6, 6.07) is 1.81. The van der Waals surface area contributed by atoms with Crippen molar-refractivity contribution in [2.24, 2.45) is 0 Å². The normalized spacial score (nSPS) is 10.7. The lowest BCUT2D eigenvalue weighted by Gasteiger charge is -1.99. The van der Waals surface area contributed by atoms with E-state index in [9.17, 15) is 9.59 Å². The van der Waals surface area contributed by atoms with Crippen LogP contribution in [0.4, 0.5) is 0 Å². The van der Waals surface area contributed by atoms with Crippen LogP contribution in [-0.2, 0) is 6.54 Å². The Kier molecular flexibility index (Phi) is 2.84. The van der Waals surface area contributed by atoms with E-state index >= 15 is 0 Å². The highest BCUT2D eigenvalue weighted by atomic mass is 32.1. The fraction of sp³-hybridized carbons (Fsp3) is 0.0909. The maximum Gasteiger partial charge on any atom is 0.323 e. The van der Waals surface area contributed by atoms with Crippen LogP contribution in [0.25, 0.3) is 10.2 Å². The van der Waals surface area contributed by atoms with Gasteiger partial charge in [0.1, 0.15) is 5.52 Å². The van der Waals surface area contributed by atoms with Crippen LogP contribution >= 0.6 is 11.3 Å². The molecular weight excluding hydrogens is 266 g/mol. The molecule has 0 aliphatic heterocycles. The quantitative estimate of drug-likeness (QED) is 0.652. The largest absolute Gasteiger partial charge is 0.344 e. The molecule has 1 amide bonds. The van der Waals surface area contributed by atoms with Gasteiger partial charge in [-0.1, -0.05) is 0 Å². The van der Waals surface area contributed by atoms with E-state index in [2.05, 4.69) is 25.3 Å². The summed E-state index contributed by atoms with van der Waals surface area (Å²) in [4.78, 5) is 36.0. The second-order valence-corrected chi connectivity index (χ2v) is 4.84. The highest BCUT2D eigenvalue weighted by Gasteiger charge is 2.12. The minimum Gasteiger partial charge on any atom is -0.344 e. The fourth-order valence-electron chi connectivity index (χ4n) is 1.59. The molecule has 96 valence electrons. The van der Waals surface area contributed by atoms with Gasteiger partial charge >= 0.3 is 5.69 Å². The maximum absolute atomic E-state index is 11.9. The van der Waals surface area contributed by atoms with E-state index in [0.717, 1.165) is 4.70 Å². The third-order valence-electron chi connectivity index (χ3n) is 2.48. The third-order valence-corrected chi connectivity index (χ3v) is 3.51. The van der Waals surface area contributed by atoms with Crippen molar-refractivity contribution in [3.63, 3.8) is 0 Å². The number of amides is 1. The molecule has 3 rings (SSSR count). The van der Waals surface area contributed by atoms with E-state index in [1.165, 1.54) is 17.5 Å². The minimum atomic E-state index is -0.296. The summed E-state index contributed by atoms with van der Waals surface area (Å²) in [6.07, 6.45) is 4.80. The van der Waals surface area contributed by atoms with Gasteiger partial charge in [-0.2, -0.15) is 0 Å². The van der Waals surface area contributed by atoms with Crippen LogP contribution in [0, 0.1) is 0 Å². The van der Waals surface area contributed by atoms with Gasteiger partial charge in [-0.3, -0.25) is 9.78 Å². The number of rotatable bonds is 3. The van der Waals surface area contributed by atoms with Crippen molar-refractivity contribution in [1.82, 2.24) is 25.3 Å². The topological polar surface area (TPSA) is 104 Å². The van der Waals surface area contributed by atoms with Crippen LogP contribution in [-0.4, -0.2) is 25.8 Å². The molecule has 7 nitrogen and oxygen atoms in total. The maximum atomic E-state index is 11.9. The second-order valence-electron chi connectivity index (χ2n) is 3.81. The number of aromatic nitrogens is 4. The number of thiazole rings is 1. The monoisotopic (exact) mass is 275 g/mol. The molecule has 0 atom stereocenters. The predicted molar refractivity (Wildman–Crippen MR) is 70.0 cm³/mol. The van der Waals surface area contributed by atoms with Crippen molar-refractivity contribution in [3.8, 4) is 0 Å². The molecule has 0 fully saturated rings. The number of H-pyrrole nitrogens is 2. The van der Waals surface area contributed by atoms with Crippen LogP contribution in [0.3, 0.4) is 0 Å². The predicted octanol–water partition coefficient (Wildman–Crippen LogP) is 0.638. The molecule has 0 aromatic carbocycles. The zero-order valence-electron chi connectivity index (χ0n) is 9.64. The number of pyridine rings is 1. The van der Waals surface area contributed by atoms with E-state index in [0.29, 0.717) is 16.2 Å². The van der Waals surface area contributed by atoms with Gasteiger partial charge < -0.3 is 15.3 Å². The molecule has 3 N–H and O–H groups in total. The number of hydrogen-bond donors (Lipinski definition) is 3. The Balaban J connectivity index is 1.74. The summed E-state index contributed by atoms with van der Waals surface area (Å²) in [5, 5.41) is 3.06. The Labute approximate surface area is 110 Å². The Morgan fingerprint density at radius 2 is 2.37 bits per heavy atom. The van der Waals surface area contributed by atoms with Crippen LogP contribution in [0.2, 0.25) is 0 Å². The first kappa shape index (κ1) is 11.6. The van der Waals surface area contributed by atoms with E-state index in [-0.39, 0.29) is 18.1 Å². The molecule has 0 unspecified atom stereocenters. The number of carbonyl (C=O) groups excluding carboxylic acids is 1. The van der Waals surface area contributed by atoms with E-state index in [1.54, 1.807) is 12.4 Å². The molecule has 8 heteroatoms. The molecule has 0 aliphatic carbocycles. The summed E-state index contributed by atoms with van der Waals surface area (Å²) in [6.45, 7) is 0.242. The highest BCUT2D eigenvalue weighted by Crippen LogP contribution is 2.20. The highest BCUT2D eigenvalue weighted by molar-refractivity contribution is 7.20. The molecule has 0 spiro atoms. The van der Waals surface area contributed by atoms with Crippen LogP contribution in [0.15, 0.2) is 29.5 Å². The zero-order valence-corrected chi connectivity index (χ0v) is 10.5. The number of imidazole rings is 1. The summed E-state index contributed by atoms with van der Waals surface area (Å²) >= 11 is 1.30. The number of nitrogens with one attached hydrogen (secondary N) is 3. The number of nitrogens with zero attached hydrogens (tertiary/aromatic N) is 2. The molecule has 0 bridgehead atoms. The molecule has 0 aliphatic rings. The van der Waals surface area contributed by atoms with Crippen molar-refractivity contribution in [1.29, 1.82) is 0 Å². The lowest BCUT2D eigenvalue weighted by atomic mass is 10.4. The zero-order chi connectivity index (χ0) is 13.2. The second kappa shape index (κ2) is 4.65. The van der Waals surface area contributed by atoms with Crippen molar-refractivity contribution in [3.05, 3.63) is 45.8 Å². The van der Waals surface area contributed by atoms with E-state index < -0.39 is 0 Å². The first-order valence-corrected chi connectivity index (χ1v) is 6.29. The Morgan fingerprint density at radius 1 is 1.47 bits per heavy atom. The summed E-state index contributed by atoms with van der Waals surface area (Å²) in [5.41, 5.74) is 1.02. The van der Waals surface area contributed by atoms with Crippen LogP contribution < -0.4 is 11.0 Å². The van der Waals surface area contributed by atoms with Gasteiger partial charge in [0.15, 0.2) is 5.01 Å². The number of fused-ring (bicyclic) bond motifs is 1. The van der Waals surface area contributed by atoms with Gasteiger partial charge in [-0.05, 0) is 6.07 Å². The summed E-state index contributed by atoms with van der Waals surface area (Å²) in [5.74, 6) is -0.275. The molecule has 3 heterocycles. The molecule has 0 radical (unpaired) electrons. The first-order valence-electron chi connectivity index (χ1n) is 5.48. The standard InChI is InChI=1S/C11H9N5O2S/c17-9(13-3-6-4-14-11(18)15-6)10-16-7-5-12-2-1-8(7)19-10/h1-2,4-5H,3H2,(H,13,17)(H2,14,15,18). The SMILES string of the molecule is O=C(NCc1c[nH]c(=O)[nH]1)c1nc2cnccc2s1. The van der Waals surface area contributed by atoms with Crippen molar-refractivity contribution in [2.75, 3.05) is 0 Å². The lowest BCUT2D eigenvalue weighted by Crippen LogP contribution is -2.23.